The molecule has 1 N–H and O–H groups in total. The first kappa shape index (κ1) is 19.2. The molecule has 146 valence electrons. The lowest BCUT2D eigenvalue weighted by Crippen LogP contribution is -2.02. The Morgan fingerprint density at radius 1 is 1.00 bits per heavy atom. The van der Waals surface area contributed by atoms with Gasteiger partial charge >= 0.3 is 0 Å². The maximum absolute atomic E-state index is 12.7. The van der Waals surface area contributed by atoms with Gasteiger partial charge in [-0.2, -0.15) is 0 Å². The number of methoxy groups -OCH3 is 1. The Labute approximate surface area is 174 Å². The second kappa shape index (κ2) is 8.45. The Morgan fingerprint density at radius 2 is 1.83 bits per heavy atom. The lowest BCUT2D eigenvalue weighted by atomic mass is 10.1. The van der Waals surface area contributed by atoms with Crippen LogP contribution < -0.4 is 14.8 Å². The highest BCUT2D eigenvalue weighted by molar-refractivity contribution is 7.99. The minimum atomic E-state index is -0.0497. The van der Waals surface area contributed by atoms with E-state index in [2.05, 4.69) is 11.4 Å². The van der Waals surface area contributed by atoms with E-state index < -0.39 is 0 Å². The fourth-order valence-electron chi connectivity index (χ4n) is 3.12. The van der Waals surface area contributed by atoms with E-state index >= 15 is 0 Å². The van der Waals surface area contributed by atoms with Crippen molar-refractivity contribution in [2.24, 2.45) is 0 Å². The van der Waals surface area contributed by atoms with E-state index in [0.29, 0.717) is 23.7 Å². The molecule has 0 amide bonds. The van der Waals surface area contributed by atoms with Crippen LogP contribution in [0.5, 0.6) is 11.5 Å². The highest BCUT2D eigenvalue weighted by Gasteiger charge is 2.16. The second-order valence-corrected chi connectivity index (χ2v) is 7.56. The van der Waals surface area contributed by atoms with Crippen molar-refractivity contribution in [1.29, 1.82) is 0 Å². The maximum Gasteiger partial charge on any atom is 0.185 e. The summed E-state index contributed by atoms with van der Waals surface area (Å²) in [5.41, 5.74) is 3.53. The molecule has 1 aliphatic heterocycles. The molecule has 0 aliphatic carbocycles. The quantitative estimate of drug-likeness (QED) is 0.307. The van der Waals surface area contributed by atoms with Gasteiger partial charge in [0.05, 0.1) is 25.1 Å². The van der Waals surface area contributed by atoms with Gasteiger partial charge in [-0.1, -0.05) is 36.0 Å². The monoisotopic (exact) mass is 403 g/mol. The molecule has 5 heteroatoms. The van der Waals surface area contributed by atoms with Gasteiger partial charge in [0.1, 0.15) is 0 Å². The van der Waals surface area contributed by atoms with Gasteiger partial charge in [0.2, 0.25) is 0 Å². The maximum atomic E-state index is 12.7. The number of allylic oxidation sites excluding steroid dienone is 1. The van der Waals surface area contributed by atoms with Gasteiger partial charge in [0, 0.05) is 15.4 Å². The third-order valence-corrected chi connectivity index (χ3v) is 5.71. The van der Waals surface area contributed by atoms with Crippen LogP contribution in [0, 0.1) is 0 Å². The Morgan fingerprint density at radius 3 is 2.66 bits per heavy atom. The first-order valence-corrected chi connectivity index (χ1v) is 10.2. The molecule has 0 saturated carbocycles. The average molecular weight is 404 g/mol. The number of para-hydroxylation sites is 1. The van der Waals surface area contributed by atoms with E-state index in [0.717, 1.165) is 21.8 Å². The smallest absolute Gasteiger partial charge is 0.185 e. The summed E-state index contributed by atoms with van der Waals surface area (Å²) < 4.78 is 10.9. The highest BCUT2D eigenvalue weighted by Crippen LogP contribution is 2.44. The predicted octanol–water partition coefficient (Wildman–Crippen LogP) is 6.20. The van der Waals surface area contributed by atoms with Crippen LogP contribution in [0.2, 0.25) is 0 Å². The van der Waals surface area contributed by atoms with E-state index in [9.17, 15) is 4.79 Å². The molecule has 29 heavy (non-hydrogen) atoms. The van der Waals surface area contributed by atoms with Crippen molar-refractivity contribution in [3.05, 3.63) is 77.9 Å². The SMILES string of the molecule is CCOc1ccc(/C=C/C(=O)c2ccc3c(c2)Nc2ccccc2S3)cc1OC. The molecule has 4 rings (SSSR count). The van der Waals surface area contributed by atoms with Crippen LogP contribution in [-0.2, 0) is 0 Å². The fourth-order valence-corrected chi connectivity index (χ4v) is 4.09. The van der Waals surface area contributed by atoms with Crippen LogP contribution in [0.4, 0.5) is 11.4 Å². The number of carbonyl (C=O) groups is 1. The van der Waals surface area contributed by atoms with Crippen LogP contribution in [0.1, 0.15) is 22.8 Å². The van der Waals surface area contributed by atoms with Gasteiger partial charge in [-0.25, -0.2) is 0 Å². The first-order valence-electron chi connectivity index (χ1n) is 9.39. The topological polar surface area (TPSA) is 47.6 Å². The van der Waals surface area contributed by atoms with Crippen LogP contribution in [0.3, 0.4) is 0 Å². The molecule has 1 heterocycles. The minimum absolute atomic E-state index is 0.0497. The van der Waals surface area contributed by atoms with E-state index in [1.807, 2.05) is 61.5 Å². The molecular weight excluding hydrogens is 382 g/mol. The van der Waals surface area contributed by atoms with Gasteiger partial charge in [-0.3, -0.25) is 4.79 Å². The number of hydrogen-bond donors (Lipinski definition) is 1. The molecule has 1 aliphatic rings. The summed E-state index contributed by atoms with van der Waals surface area (Å²) in [5.74, 6) is 1.29. The molecule has 0 radical (unpaired) electrons. The number of nitrogens with one attached hydrogen (secondary N) is 1. The molecule has 3 aromatic rings. The molecule has 0 fully saturated rings. The highest BCUT2D eigenvalue weighted by atomic mass is 32.2. The van der Waals surface area contributed by atoms with Crippen LogP contribution in [-0.4, -0.2) is 19.5 Å². The summed E-state index contributed by atoms with van der Waals surface area (Å²) in [5, 5.41) is 3.42. The lowest BCUT2D eigenvalue weighted by Gasteiger charge is -2.20. The zero-order valence-corrected chi connectivity index (χ0v) is 17.1. The van der Waals surface area contributed by atoms with Gasteiger partial charge < -0.3 is 14.8 Å². The number of ketones is 1. The van der Waals surface area contributed by atoms with Crippen LogP contribution in [0.15, 0.2) is 76.5 Å². The number of rotatable bonds is 6. The zero-order valence-electron chi connectivity index (χ0n) is 16.3. The normalized spacial score (nSPS) is 12.1. The molecule has 0 saturated heterocycles. The molecule has 0 aromatic heterocycles. The van der Waals surface area contributed by atoms with E-state index in [1.54, 1.807) is 31.0 Å². The number of anilines is 2. The van der Waals surface area contributed by atoms with Crippen molar-refractivity contribution in [2.75, 3.05) is 19.0 Å². The summed E-state index contributed by atoms with van der Waals surface area (Å²) in [6.07, 6.45) is 3.37. The molecule has 0 bridgehead atoms. The van der Waals surface area contributed by atoms with E-state index in [4.69, 9.17) is 9.47 Å². The molecule has 0 spiro atoms. The molecular formula is C24H21NO3S. The van der Waals surface area contributed by atoms with Crippen molar-refractivity contribution < 1.29 is 14.3 Å². The van der Waals surface area contributed by atoms with Crippen molar-refractivity contribution in [1.82, 2.24) is 0 Å². The van der Waals surface area contributed by atoms with Gasteiger partial charge in [-0.05, 0) is 61.0 Å². The third kappa shape index (κ3) is 4.15. The molecule has 0 unspecified atom stereocenters. The van der Waals surface area contributed by atoms with Gasteiger partial charge in [0.25, 0.3) is 0 Å². The molecule has 4 nitrogen and oxygen atoms in total. The zero-order chi connectivity index (χ0) is 20.2. The Kier molecular flexibility index (Phi) is 5.58. The summed E-state index contributed by atoms with van der Waals surface area (Å²) >= 11 is 1.70. The summed E-state index contributed by atoms with van der Waals surface area (Å²) in [6, 6.07) is 19.5. The van der Waals surface area contributed by atoms with Gasteiger partial charge in [0.15, 0.2) is 17.3 Å². The summed E-state index contributed by atoms with van der Waals surface area (Å²) in [6.45, 7) is 2.50. The third-order valence-electron chi connectivity index (χ3n) is 4.56. The van der Waals surface area contributed by atoms with Crippen molar-refractivity contribution in [3.63, 3.8) is 0 Å². The lowest BCUT2D eigenvalue weighted by molar-refractivity contribution is 0.104. The van der Waals surface area contributed by atoms with E-state index in [-0.39, 0.29) is 5.78 Å². The summed E-state index contributed by atoms with van der Waals surface area (Å²) in [7, 11) is 1.60. The summed E-state index contributed by atoms with van der Waals surface area (Å²) in [4.78, 5) is 15.0. The van der Waals surface area contributed by atoms with Crippen LogP contribution >= 0.6 is 11.8 Å². The van der Waals surface area contributed by atoms with Crippen molar-refractivity contribution in [3.8, 4) is 11.5 Å². The molecule has 0 atom stereocenters. The fraction of sp³-hybridized carbons (Fsp3) is 0.125. The number of fused-ring (bicyclic) bond motifs is 2. The molecule has 3 aromatic carbocycles. The van der Waals surface area contributed by atoms with Crippen LogP contribution in [0.25, 0.3) is 6.08 Å². The first-order chi connectivity index (χ1) is 14.2. The number of ether oxygens (including phenoxy) is 2. The average Bonchev–Trinajstić information content (AvgIpc) is 2.76. The number of benzene rings is 3. The Balaban J connectivity index is 1.52. The Hall–Kier alpha value is -3.18. The van der Waals surface area contributed by atoms with Gasteiger partial charge in [-0.15, -0.1) is 0 Å². The van der Waals surface area contributed by atoms with E-state index in [1.165, 1.54) is 4.90 Å². The predicted molar refractivity (Wildman–Crippen MR) is 118 cm³/mol. The van der Waals surface area contributed by atoms with Crippen molar-refractivity contribution >= 4 is 35.0 Å². The van der Waals surface area contributed by atoms with Crippen molar-refractivity contribution in [2.45, 2.75) is 16.7 Å². The largest absolute Gasteiger partial charge is 0.493 e. The minimum Gasteiger partial charge on any atom is -0.493 e. The Bertz CT molecular complexity index is 1090. The second-order valence-electron chi connectivity index (χ2n) is 6.48. The number of carbonyl (C=O) groups excluding carboxylic acids is 1. The number of hydrogen-bond acceptors (Lipinski definition) is 5. The standard InChI is InChI=1S/C24H21NO3S/c1-3-28-21-12-9-16(14-22(21)27-2)8-11-20(26)17-10-13-24-19(15-17)25-18-6-4-5-7-23(18)29-24/h4-15,25H,3H2,1-2H3/b11-8+.